The number of benzene rings is 2. The summed E-state index contributed by atoms with van der Waals surface area (Å²) in [6, 6.07) is 15.4. The topological polar surface area (TPSA) is 47.3 Å². The van der Waals surface area contributed by atoms with E-state index in [0.29, 0.717) is 11.6 Å². The summed E-state index contributed by atoms with van der Waals surface area (Å²) in [6.45, 7) is 3.21. The number of unbranched alkanes of at least 4 members (excludes halogenated alkanes) is 1. The monoisotopic (exact) mass is 344 g/mol. The second-order valence-electron chi connectivity index (χ2n) is 5.80. The van der Waals surface area contributed by atoms with Crippen molar-refractivity contribution in [3.05, 3.63) is 59.4 Å². The van der Waals surface area contributed by atoms with Gasteiger partial charge in [-0.1, -0.05) is 23.7 Å². The number of aliphatic hydroxyl groups excluding tert-OH is 1. The van der Waals surface area contributed by atoms with Crippen LogP contribution in [0.15, 0.2) is 48.5 Å². The number of hydrogen-bond acceptors (Lipinski definition) is 3. The smallest absolute Gasteiger partial charge is 0.138 e. The van der Waals surface area contributed by atoms with Crippen LogP contribution in [0.4, 0.5) is 0 Å². The molecular formula is C19H21ClN2O2. The van der Waals surface area contributed by atoms with Gasteiger partial charge in [-0.2, -0.15) is 0 Å². The van der Waals surface area contributed by atoms with Crippen LogP contribution in [0, 0.1) is 0 Å². The van der Waals surface area contributed by atoms with Gasteiger partial charge in [-0.25, -0.2) is 4.98 Å². The molecule has 0 spiro atoms. The van der Waals surface area contributed by atoms with Crippen molar-refractivity contribution in [2.45, 2.75) is 32.4 Å². The van der Waals surface area contributed by atoms with Crippen molar-refractivity contribution >= 4 is 22.6 Å². The molecule has 1 aromatic heterocycles. The number of rotatable bonds is 7. The first-order chi connectivity index (χ1) is 11.6. The first kappa shape index (κ1) is 16.8. The quantitative estimate of drug-likeness (QED) is 0.637. The maximum absolute atomic E-state index is 9.96. The molecule has 1 N–H and O–H groups in total. The average molecular weight is 345 g/mol. The van der Waals surface area contributed by atoms with Crippen LogP contribution in [0.3, 0.4) is 0 Å². The number of aliphatic hydroxyl groups is 1. The molecule has 5 heteroatoms. The standard InChI is InChI=1S/C19H21ClN2O2/c1-14(23)19-21-17-6-2-3-7-18(17)22(19)12-4-5-13-24-16-10-8-15(20)9-11-16/h2-3,6-11,14,23H,4-5,12-13H2,1H3. The highest BCUT2D eigenvalue weighted by molar-refractivity contribution is 6.30. The molecule has 3 aromatic rings. The molecule has 2 aromatic carbocycles. The molecule has 0 saturated carbocycles. The molecule has 0 fully saturated rings. The van der Waals surface area contributed by atoms with E-state index in [9.17, 15) is 5.11 Å². The van der Waals surface area contributed by atoms with Crippen LogP contribution in [0.2, 0.25) is 5.02 Å². The van der Waals surface area contributed by atoms with Crippen LogP contribution >= 0.6 is 11.6 Å². The first-order valence-electron chi connectivity index (χ1n) is 8.17. The average Bonchev–Trinajstić information content (AvgIpc) is 2.95. The number of hydrogen-bond donors (Lipinski definition) is 1. The Balaban J connectivity index is 1.57. The van der Waals surface area contributed by atoms with Crippen molar-refractivity contribution in [3.8, 4) is 5.75 Å². The van der Waals surface area contributed by atoms with Gasteiger partial charge < -0.3 is 14.4 Å². The number of halogens is 1. The van der Waals surface area contributed by atoms with Gasteiger partial charge in [0.2, 0.25) is 0 Å². The zero-order valence-corrected chi connectivity index (χ0v) is 14.4. The minimum absolute atomic E-state index is 0.581. The third-order valence-electron chi connectivity index (χ3n) is 3.92. The third kappa shape index (κ3) is 3.89. The Hall–Kier alpha value is -2.04. The number of ether oxygens (including phenoxy) is 1. The minimum Gasteiger partial charge on any atom is -0.494 e. The zero-order chi connectivity index (χ0) is 16.9. The lowest BCUT2D eigenvalue weighted by Crippen LogP contribution is -2.08. The van der Waals surface area contributed by atoms with Crippen LogP contribution in [-0.2, 0) is 6.54 Å². The number of aromatic nitrogens is 2. The first-order valence-corrected chi connectivity index (χ1v) is 8.54. The number of aryl methyl sites for hydroxylation is 1. The van der Waals surface area contributed by atoms with Crippen molar-refractivity contribution in [1.82, 2.24) is 9.55 Å². The van der Waals surface area contributed by atoms with Crippen molar-refractivity contribution in [2.24, 2.45) is 0 Å². The Morgan fingerprint density at radius 3 is 2.62 bits per heavy atom. The maximum atomic E-state index is 9.96. The molecule has 1 unspecified atom stereocenters. The Morgan fingerprint density at radius 1 is 1.12 bits per heavy atom. The van der Waals surface area contributed by atoms with Gasteiger partial charge >= 0.3 is 0 Å². The summed E-state index contributed by atoms with van der Waals surface area (Å²) in [7, 11) is 0. The van der Waals surface area contributed by atoms with Crippen LogP contribution in [-0.4, -0.2) is 21.3 Å². The largest absolute Gasteiger partial charge is 0.494 e. The summed E-state index contributed by atoms with van der Waals surface area (Å²) in [6.07, 6.45) is 1.30. The fraction of sp³-hybridized carbons (Fsp3) is 0.316. The molecule has 1 atom stereocenters. The summed E-state index contributed by atoms with van der Waals surface area (Å²) in [5.74, 6) is 1.55. The molecule has 0 saturated heterocycles. The lowest BCUT2D eigenvalue weighted by Gasteiger charge is -2.11. The Kier molecular flexibility index (Phi) is 5.38. The van der Waals surface area contributed by atoms with Gasteiger partial charge in [-0.05, 0) is 56.2 Å². The van der Waals surface area contributed by atoms with E-state index in [-0.39, 0.29) is 0 Å². The number of fused-ring (bicyclic) bond motifs is 1. The summed E-state index contributed by atoms with van der Waals surface area (Å²) >= 11 is 5.86. The van der Waals surface area contributed by atoms with E-state index in [2.05, 4.69) is 9.55 Å². The second-order valence-corrected chi connectivity index (χ2v) is 6.23. The number of imidazole rings is 1. The van der Waals surface area contributed by atoms with Crippen LogP contribution in [0.1, 0.15) is 31.7 Å². The molecule has 0 aliphatic rings. The molecule has 24 heavy (non-hydrogen) atoms. The highest BCUT2D eigenvalue weighted by atomic mass is 35.5. The van der Waals surface area contributed by atoms with Gasteiger partial charge in [0.25, 0.3) is 0 Å². The molecule has 0 bridgehead atoms. The van der Waals surface area contributed by atoms with Crippen LogP contribution < -0.4 is 4.74 Å². The summed E-state index contributed by atoms with van der Waals surface area (Å²) in [4.78, 5) is 4.54. The fourth-order valence-corrected chi connectivity index (χ4v) is 2.87. The predicted octanol–water partition coefficient (Wildman–Crippen LogP) is 4.60. The molecule has 3 rings (SSSR count). The Morgan fingerprint density at radius 2 is 1.88 bits per heavy atom. The fourth-order valence-electron chi connectivity index (χ4n) is 2.74. The lowest BCUT2D eigenvalue weighted by atomic mass is 10.2. The molecule has 0 amide bonds. The van der Waals surface area contributed by atoms with E-state index >= 15 is 0 Å². The van der Waals surface area contributed by atoms with Crippen molar-refractivity contribution in [2.75, 3.05) is 6.61 Å². The molecule has 0 aliphatic carbocycles. The Labute approximate surface area is 146 Å². The highest BCUT2D eigenvalue weighted by Crippen LogP contribution is 2.21. The summed E-state index contributed by atoms with van der Waals surface area (Å²) in [5.41, 5.74) is 1.98. The molecule has 0 radical (unpaired) electrons. The Bertz CT molecular complexity index is 797. The zero-order valence-electron chi connectivity index (χ0n) is 13.7. The molecule has 0 aliphatic heterocycles. The maximum Gasteiger partial charge on any atom is 0.138 e. The van der Waals surface area contributed by atoms with E-state index in [4.69, 9.17) is 16.3 Å². The van der Waals surface area contributed by atoms with E-state index in [1.165, 1.54) is 0 Å². The third-order valence-corrected chi connectivity index (χ3v) is 4.17. The van der Waals surface area contributed by atoms with Crippen LogP contribution in [0.5, 0.6) is 5.75 Å². The lowest BCUT2D eigenvalue weighted by molar-refractivity contribution is 0.184. The minimum atomic E-state index is -0.581. The summed E-state index contributed by atoms with van der Waals surface area (Å²) in [5, 5.41) is 10.7. The molecule has 1 heterocycles. The van der Waals surface area contributed by atoms with E-state index < -0.39 is 6.10 Å². The predicted molar refractivity (Wildman–Crippen MR) is 96.5 cm³/mol. The molecule has 4 nitrogen and oxygen atoms in total. The number of para-hydroxylation sites is 2. The SMILES string of the molecule is CC(O)c1nc2ccccc2n1CCCCOc1ccc(Cl)cc1. The van der Waals surface area contributed by atoms with Gasteiger partial charge in [-0.3, -0.25) is 0 Å². The van der Waals surface area contributed by atoms with E-state index in [1.807, 2.05) is 48.5 Å². The summed E-state index contributed by atoms with van der Waals surface area (Å²) < 4.78 is 7.81. The van der Waals surface area contributed by atoms with Crippen molar-refractivity contribution < 1.29 is 9.84 Å². The van der Waals surface area contributed by atoms with Gasteiger partial charge in [0.1, 0.15) is 17.7 Å². The number of nitrogens with zero attached hydrogens (tertiary/aromatic N) is 2. The van der Waals surface area contributed by atoms with Gasteiger partial charge in [0.05, 0.1) is 17.6 Å². The van der Waals surface area contributed by atoms with Crippen LogP contribution in [0.25, 0.3) is 11.0 Å². The van der Waals surface area contributed by atoms with E-state index in [1.54, 1.807) is 6.92 Å². The molecular weight excluding hydrogens is 324 g/mol. The van der Waals surface area contributed by atoms with Gasteiger partial charge in [0.15, 0.2) is 0 Å². The van der Waals surface area contributed by atoms with Gasteiger partial charge in [-0.15, -0.1) is 0 Å². The van der Waals surface area contributed by atoms with Crippen molar-refractivity contribution in [3.63, 3.8) is 0 Å². The molecule has 126 valence electrons. The normalized spacial score (nSPS) is 12.5. The van der Waals surface area contributed by atoms with Crippen molar-refractivity contribution in [1.29, 1.82) is 0 Å². The van der Waals surface area contributed by atoms with Gasteiger partial charge in [0, 0.05) is 11.6 Å². The second kappa shape index (κ2) is 7.69. The van der Waals surface area contributed by atoms with E-state index in [0.717, 1.165) is 42.0 Å². The highest BCUT2D eigenvalue weighted by Gasteiger charge is 2.13.